The molecule has 2 atom stereocenters. The van der Waals surface area contributed by atoms with Crippen LogP contribution in [0.1, 0.15) is 29.8 Å². The average Bonchev–Trinajstić information content (AvgIpc) is 2.75. The highest BCUT2D eigenvalue weighted by atomic mass is 32.1. The van der Waals surface area contributed by atoms with Gasteiger partial charge in [-0.3, -0.25) is 9.59 Å². The first-order chi connectivity index (χ1) is 7.99. The number of nitrogens with two attached hydrogens (primary N) is 1. The van der Waals surface area contributed by atoms with E-state index in [1.165, 1.54) is 11.3 Å². The van der Waals surface area contributed by atoms with Gasteiger partial charge in [0.25, 0.3) is 0 Å². The molecule has 0 spiro atoms. The van der Waals surface area contributed by atoms with Crippen molar-refractivity contribution in [3.8, 4) is 0 Å². The summed E-state index contributed by atoms with van der Waals surface area (Å²) in [5, 5.41) is 12.4. The van der Waals surface area contributed by atoms with Gasteiger partial charge in [0.2, 0.25) is 5.91 Å². The standard InChI is InChI=1S/C10H13N3O3S/c1-4(8(11)14)12-10-13-7-5(9(15)16)2-3-6(7)17-10/h4-5H,2-3H2,1H3,(H2,11,14)(H,12,13)(H,15,16). The van der Waals surface area contributed by atoms with E-state index in [4.69, 9.17) is 10.8 Å². The Morgan fingerprint density at radius 3 is 2.94 bits per heavy atom. The summed E-state index contributed by atoms with van der Waals surface area (Å²) in [6.45, 7) is 1.64. The summed E-state index contributed by atoms with van der Waals surface area (Å²) >= 11 is 1.40. The summed E-state index contributed by atoms with van der Waals surface area (Å²) in [6, 6.07) is -0.510. The first-order valence-electron chi connectivity index (χ1n) is 5.27. The van der Waals surface area contributed by atoms with E-state index >= 15 is 0 Å². The van der Waals surface area contributed by atoms with Crippen molar-refractivity contribution in [2.45, 2.75) is 31.7 Å². The van der Waals surface area contributed by atoms with Crippen molar-refractivity contribution >= 4 is 28.3 Å². The van der Waals surface area contributed by atoms with E-state index in [2.05, 4.69) is 10.3 Å². The lowest BCUT2D eigenvalue weighted by atomic mass is 10.1. The van der Waals surface area contributed by atoms with Crippen molar-refractivity contribution in [2.24, 2.45) is 5.73 Å². The van der Waals surface area contributed by atoms with Crippen LogP contribution >= 0.6 is 11.3 Å². The highest BCUT2D eigenvalue weighted by Crippen LogP contribution is 2.38. The van der Waals surface area contributed by atoms with Crippen LogP contribution in [-0.4, -0.2) is 28.0 Å². The van der Waals surface area contributed by atoms with E-state index < -0.39 is 23.8 Å². The van der Waals surface area contributed by atoms with Crippen molar-refractivity contribution < 1.29 is 14.7 Å². The second-order valence-electron chi connectivity index (χ2n) is 4.03. The number of hydrogen-bond donors (Lipinski definition) is 3. The third-order valence-corrected chi connectivity index (χ3v) is 3.84. The Bertz CT molecular complexity index is 471. The summed E-state index contributed by atoms with van der Waals surface area (Å²) in [6.07, 6.45) is 1.34. The molecule has 0 saturated heterocycles. The molecule has 1 aromatic heterocycles. The molecule has 0 fully saturated rings. The van der Waals surface area contributed by atoms with Gasteiger partial charge >= 0.3 is 5.97 Å². The third kappa shape index (κ3) is 2.23. The van der Waals surface area contributed by atoms with E-state index in [-0.39, 0.29) is 0 Å². The predicted molar refractivity (Wildman–Crippen MR) is 63.1 cm³/mol. The Morgan fingerprint density at radius 2 is 2.35 bits per heavy atom. The normalized spacial score (nSPS) is 19.7. The SMILES string of the molecule is CC(Nc1nc2c(s1)CCC2C(=O)O)C(N)=O. The molecule has 17 heavy (non-hydrogen) atoms. The number of carbonyl (C=O) groups excluding carboxylic acids is 1. The molecule has 0 aromatic carbocycles. The first kappa shape index (κ1) is 11.8. The Labute approximate surface area is 102 Å². The molecule has 6 nitrogen and oxygen atoms in total. The maximum Gasteiger partial charge on any atom is 0.312 e. The van der Waals surface area contributed by atoms with E-state index in [1.807, 2.05) is 0 Å². The molecular formula is C10H13N3O3S. The van der Waals surface area contributed by atoms with E-state index in [9.17, 15) is 9.59 Å². The van der Waals surface area contributed by atoms with Crippen molar-refractivity contribution in [3.63, 3.8) is 0 Å². The maximum atomic E-state index is 11.0. The molecule has 1 aromatic rings. The van der Waals surface area contributed by atoms with Crippen molar-refractivity contribution in [1.29, 1.82) is 0 Å². The zero-order chi connectivity index (χ0) is 12.6. The van der Waals surface area contributed by atoms with Gasteiger partial charge in [0.05, 0.1) is 5.69 Å². The number of carbonyl (C=O) groups is 2. The highest BCUT2D eigenvalue weighted by Gasteiger charge is 2.32. The number of thiazole rings is 1. The molecule has 0 saturated carbocycles. The van der Waals surface area contributed by atoms with Gasteiger partial charge in [0.1, 0.15) is 12.0 Å². The smallest absolute Gasteiger partial charge is 0.312 e. The lowest BCUT2D eigenvalue weighted by molar-refractivity contribution is -0.138. The number of hydrogen-bond acceptors (Lipinski definition) is 5. The Balaban J connectivity index is 2.16. The van der Waals surface area contributed by atoms with Gasteiger partial charge in [-0.2, -0.15) is 0 Å². The number of aromatic nitrogens is 1. The number of amides is 1. The van der Waals surface area contributed by atoms with Crippen LogP contribution in [-0.2, 0) is 16.0 Å². The predicted octanol–water partition coefficient (Wildman–Crippen LogP) is 0.543. The quantitative estimate of drug-likeness (QED) is 0.728. The first-order valence-corrected chi connectivity index (χ1v) is 6.09. The van der Waals surface area contributed by atoms with Gasteiger partial charge in [-0.05, 0) is 19.8 Å². The van der Waals surface area contributed by atoms with Crippen LogP contribution in [0.2, 0.25) is 0 Å². The fraction of sp³-hybridized carbons (Fsp3) is 0.500. The van der Waals surface area contributed by atoms with Gasteiger partial charge in [-0.1, -0.05) is 0 Å². The number of nitrogens with one attached hydrogen (secondary N) is 1. The van der Waals surface area contributed by atoms with Crippen LogP contribution in [0.4, 0.5) is 5.13 Å². The molecule has 2 rings (SSSR count). The lowest BCUT2D eigenvalue weighted by Crippen LogP contribution is -2.32. The summed E-state index contributed by atoms with van der Waals surface area (Å²) in [7, 11) is 0. The van der Waals surface area contributed by atoms with Gasteiger partial charge < -0.3 is 16.2 Å². The number of aryl methyl sites for hydroxylation is 1. The minimum Gasteiger partial charge on any atom is -0.481 e. The summed E-state index contributed by atoms with van der Waals surface area (Å²) in [5.74, 6) is -1.82. The zero-order valence-corrected chi connectivity index (χ0v) is 10.1. The largest absolute Gasteiger partial charge is 0.481 e. The maximum absolute atomic E-state index is 11.0. The molecule has 0 bridgehead atoms. The molecule has 1 heterocycles. The van der Waals surface area contributed by atoms with Crippen molar-refractivity contribution in [2.75, 3.05) is 5.32 Å². The molecule has 0 aliphatic heterocycles. The average molecular weight is 255 g/mol. The Morgan fingerprint density at radius 1 is 1.65 bits per heavy atom. The van der Waals surface area contributed by atoms with Crippen LogP contribution in [0.5, 0.6) is 0 Å². The van der Waals surface area contributed by atoms with Gasteiger partial charge in [-0.25, -0.2) is 4.98 Å². The molecule has 7 heteroatoms. The van der Waals surface area contributed by atoms with Crippen LogP contribution < -0.4 is 11.1 Å². The van der Waals surface area contributed by atoms with Gasteiger partial charge in [-0.15, -0.1) is 11.3 Å². The summed E-state index contributed by atoms with van der Waals surface area (Å²) in [5.41, 5.74) is 5.76. The molecule has 92 valence electrons. The second kappa shape index (κ2) is 4.33. The Kier molecular flexibility index (Phi) is 3.01. The second-order valence-corrected chi connectivity index (χ2v) is 5.11. The summed E-state index contributed by atoms with van der Waals surface area (Å²) in [4.78, 5) is 27.1. The van der Waals surface area contributed by atoms with E-state index in [0.29, 0.717) is 17.2 Å². The number of carboxylic acids is 1. The molecular weight excluding hydrogens is 242 g/mol. The lowest BCUT2D eigenvalue weighted by Gasteiger charge is -2.08. The minimum absolute atomic E-state index is 0.463. The molecule has 0 radical (unpaired) electrons. The number of rotatable bonds is 4. The van der Waals surface area contributed by atoms with Crippen LogP contribution in [0.25, 0.3) is 0 Å². The Hall–Kier alpha value is -1.63. The molecule has 1 amide bonds. The van der Waals surface area contributed by atoms with Crippen molar-refractivity contribution in [3.05, 3.63) is 10.6 Å². The number of fused-ring (bicyclic) bond motifs is 1. The van der Waals surface area contributed by atoms with Crippen molar-refractivity contribution in [1.82, 2.24) is 4.98 Å². The van der Waals surface area contributed by atoms with E-state index in [0.717, 1.165) is 11.3 Å². The fourth-order valence-corrected chi connectivity index (χ4v) is 2.91. The fourth-order valence-electron chi connectivity index (χ4n) is 1.79. The summed E-state index contributed by atoms with van der Waals surface area (Å²) < 4.78 is 0. The van der Waals surface area contributed by atoms with Crippen LogP contribution in [0.15, 0.2) is 0 Å². The van der Waals surface area contributed by atoms with Crippen LogP contribution in [0.3, 0.4) is 0 Å². The van der Waals surface area contributed by atoms with Crippen LogP contribution in [0, 0.1) is 0 Å². The molecule has 1 aliphatic rings. The number of primary amides is 1. The number of aliphatic carboxylic acids is 1. The molecule has 2 unspecified atom stereocenters. The number of anilines is 1. The number of carboxylic acid groups (broad SMARTS) is 1. The third-order valence-electron chi connectivity index (χ3n) is 2.78. The molecule has 1 aliphatic carbocycles. The van der Waals surface area contributed by atoms with E-state index in [1.54, 1.807) is 6.92 Å². The highest BCUT2D eigenvalue weighted by molar-refractivity contribution is 7.15. The minimum atomic E-state index is -0.844. The zero-order valence-electron chi connectivity index (χ0n) is 9.27. The topological polar surface area (TPSA) is 105 Å². The molecule has 4 N–H and O–H groups in total. The van der Waals surface area contributed by atoms with Gasteiger partial charge in [0, 0.05) is 4.88 Å². The van der Waals surface area contributed by atoms with Gasteiger partial charge in [0.15, 0.2) is 5.13 Å². The monoisotopic (exact) mass is 255 g/mol. The number of nitrogens with zero attached hydrogens (tertiary/aromatic N) is 1.